The highest BCUT2D eigenvalue weighted by Crippen LogP contribution is 2.29. The first-order valence-electron chi connectivity index (χ1n) is 5.84. The molecule has 1 aromatic heterocycles. The van der Waals surface area contributed by atoms with Gasteiger partial charge in [-0.15, -0.1) is 11.3 Å². The van der Waals surface area contributed by atoms with Gasteiger partial charge in [-0.2, -0.15) is 4.72 Å². The Morgan fingerprint density at radius 3 is 2.48 bits per heavy atom. The Morgan fingerprint density at radius 2 is 1.95 bits per heavy atom. The third kappa shape index (κ3) is 3.70. The van der Waals surface area contributed by atoms with Gasteiger partial charge >= 0.3 is 5.97 Å². The molecule has 1 unspecified atom stereocenters. The summed E-state index contributed by atoms with van der Waals surface area (Å²) in [5, 5.41) is 1.65. The molecule has 0 aliphatic carbocycles. The Hall–Kier alpha value is -1.22. The van der Waals surface area contributed by atoms with Crippen molar-refractivity contribution in [3.05, 3.63) is 51.8 Å². The van der Waals surface area contributed by atoms with Crippen molar-refractivity contribution < 1.29 is 17.9 Å². The van der Waals surface area contributed by atoms with Gasteiger partial charge in [0.2, 0.25) is 0 Å². The van der Waals surface area contributed by atoms with Crippen LogP contribution in [0.5, 0.6) is 0 Å². The van der Waals surface area contributed by atoms with E-state index in [9.17, 15) is 13.2 Å². The summed E-state index contributed by atoms with van der Waals surface area (Å²) < 4.78 is 32.4. The fourth-order valence-electron chi connectivity index (χ4n) is 1.70. The van der Waals surface area contributed by atoms with E-state index in [1.807, 2.05) is 0 Å². The minimum Gasteiger partial charge on any atom is -0.468 e. The number of methoxy groups -OCH3 is 1. The second-order valence-electron chi connectivity index (χ2n) is 4.04. The molecule has 1 aromatic carbocycles. The van der Waals surface area contributed by atoms with E-state index >= 15 is 0 Å². The molecule has 1 N–H and O–H groups in total. The monoisotopic (exact) mass is 389 g/mol. The van der Waals surface area contributed by atoms with E-state index < -0.39 is 22.0 Å². The van der Waals surface area contributed by atoms with Crippen LogP contribution in [0.15, 0.2) is 50.5 Å². The van der Waals surface area contributed by atoms with Crippen molar-refractivity contribution in [3.63, 3.8) is 0 Å². The average Bonchev–Trinajstić information content (AvgIpc) is 2.92. The van der Waals surface area contributed by atoms with E-state index in [2.05, 4.69) is 25.4 Å². The zero-order chi connectivity index (χ0) is 15.5. The normalized spacial score (nSPS) is 12.9. The first-order chi connectivity index (χ1) is 9.95. The van der Waals surface area contributed by atoms with Crippen LogP contribution in [0.2, 0.25) is 0 Å². The maximum Gasteiger partial charge on any atom is 0.328 e. The van der Waals surface area contributed by atoms with Gasteiger partial charge in [-0.25, -0.2) is 13.2 Å². The minimum absolute atomic E-state index is 0.118. The van der Waals surface area contributed by atoms with Crippen LogP contribution < -0.4 is 4.72 Å². The van der Waals surface area contributed by atoms with Crippen LogP contribution >= 0.6 is 27.3 Å². The van der Waals surface area contributed by atoms with Gasteiger partial charge in [0.15, 0.2) is 0 Å². The van der Waals surface area contributed by atoms with Crippen LogP contribution in [-0.4, -0.2) is 21.5 Å². The zero-order valence-electron chi connectivity index (χ0n) is 10.9. The van der Waals surface area contributed by atoms with Crippen LogP contribution in [-0.2, 0) is 19.6 Å². The van der Waals surface area contributed by atoms with Crippen molar-refractivity contribution in [2.45, 2.75) is 10.3 Å². The number of esters is 1. The number of rotatable bonds is 5. The molecule has 8 heteroatoms. The molecule has 0 saturated heterocycles. The van der Waals surface area contributed by atoms with Crippen LogP contribution in [0, 0.1) is 0 Å². The first kappa shape index (κ1) is 16.2. The number of sulfonamides is 1. The van der Waals surface area contributed by atoms with Gasteiger partial charge in [-0.3, -0.25) is 0 Å². The molecule has 0 aliphatic heterocycles. The second kappa shape index (κ2) is 6.69. The number of ether oxygens (including phenoxy) is 1. The maximum absolute atomic E-state index is 12.4. The molecule has 1 atom stereocenters. The summed E-state index contributed by atoms with van der Waals surface area (Å²) in [6.45, 7) is 0. The van der Waals surface area contributed by atoms with E-state index in [0.717, 1.165) is 11.3 Å². The van der Waals surface area contributed by atoms with Crippen LogP contribution in [0.4, 0.5) is 0 Å². The quantitative estimate of drug-likeness (QED) is 0.797. The number of nitrogens with one attached hydrogen (secondary N) is 1. The molecule has 21 heavy (non-hydrogen) atoms. The Balaban J connectivity index is 2.36. The predicted octanol–water partition coefficient (Wildman–Crippen LogP) is 2.70. The molecule has 5 nitrogen and oxygen atoms in total. The van der Waals surface area contributed by atoms with E-state index in [-0.39, 0.29) is 4.21 Å². The van der Waals surface area contributed by atoms with Gasteiger partial charge in [0.1, 0.15) is 10.3 Å². The van der Waals surface area contributed by atoms with Crippen molar-refractivity contribution in [1.29, 1.82) is 0 Å². The zero-order valence-corrected chi connectivity index (χ0v) is 14.2. The van der Waals surface area contributed by atoms with Gasteiger partial charge in [-0.1, -0.05) is 30.3 Å². The van der Waals surface area contributed by atoms with Gasteiger partial charge in [0.05, 0.1) is 7.11 Å². The first-order valence-corrected chi connectivity index (χ1v) is 8.99. The lowest BCUT2D eigenvalue weighted by Crippen LogP contribution is -2.34. The molecular weight excluding hydrogens is 378 g/mol. The van der Waals surface area contributed by atoms with E-state index in [1.54, 1.807) is 41.8 Å². The summed E-state index contributed by atoms with van der Waals surface area (Å²) in [5.41, 5.74) is 0.514. The molecule has 0 amide bonds. The summed E-state index contributed by atoms with van der Waals surface area (Å²) in [6.07, 6.45) is 0. The average molecular weight is 390 g/mol. The Kier molecular flexibility index (Phi) is 5.15. The van der Waals surface area contributed by atoms with Gasteiger partial charge in [0.25, 0.3) is 10.0 Å². The van der Waals surface area contributed by atoms with Crippen molar-refractivity contribution >= 4 is 43.3 Å². The number of carbonyl (C=O) groups is 1. The van der Waals surface area contributed by atoms with E-state index in [1.165, 1.54) is 7.11 Å². The molecule has 112 valence electrons. The summed E-state index contributed by atoms with van der Waals surface area (Å²) in [6, 6.07) is 9.09. The molecule has 2 rings (SSSR count). The molecule has 2 aromatic rings. The SMILES string of the molecule is COC(=O)C(NS(=O)(=O)c1sccc1Br)c1ccccc1. The molecule has 0 spiro atoms. The van der Waals surface area contributed by atoms with Crippen molar-refractivity contribution in [1.82, 2.24) is 4.72 Å². The largest absolute Gasteiger partial charge is 0.468 e. The van der Waals surface area contributed by atoms with Crippen LogP contribution in [0.1, 0.15) is 11.6 Å². The Bertz CT molecular complexity index is 728. The summed E-state index contributed by atoms with van der Waals surface area (Å²) in [4.78, 5) is 11.9. The molecule has 0 radical (unpaired) electrons. The van der Waals surface area contributed by atoms with Crippen molar-refractivity contribution in [3.8, 4) is 0 Å². The third-order valence-electron chi connectivity index (χ3n) is 2.67. The number of benzene rings is 1. The van der Waals surface area contributed by atoms with Gasteiger partial charge in [0, 0.05) is 4.47 Å². The van der Waals surface area contributed by atoms with E-state index in [4.69, 9.17) is 0 Å². The highest BCUT2D eigenvalue weighted by molar-refractivity contribution is 9.10. The lowest BCUT2D eigenvalue weighted by Gasteiger charge is -2.16. The smallest absolute Gasteiger partial charge is 0.328 e. The molecule has 0 bridgehead atoms. The lowest BCUT2D eigenvalue weighted by atomic mass is 10.1. The summed E-state index contributed by atoms with van der Waals surface area (Å²) >= 11 is 4.24. The molecule has 1 heterocycles. The Morgan fingerprint density at radius 1 is 1.29 bits per heavy atom. The molecule has 0 fully saturated rings. The van der Waals surface area contributed by atoms with Crippen molar-refractivity contribution in [2.75, 3.05) is 7.11 Å². The maximum atomic E-state index is 12.4. The van der Waals surface area contributed by atoms with Crippen molar-refractivity contribution in [2.24, 2.45) is 0 Å². The van der Waals surface area contributed by atoms with E-state index in [0.29, 0.717) is 10.0 Å². The number of hydrogen-bond donors (Lipinski definition) is 1. The lowest BCUT2D eigenvalue weighted by molar-refractivity contribution is -0.142. The van der Waals surface area contributed by atoms with Gasteiger partial charge < -0.3 is 4.74 Å². The fraction of sp³-hybridized carbons (Fsp3) is 0.154. The van der Waals surface area contributed by atoms with Gasteiger partial charge in [-0.05, 0) is 32.9 Å². The Labute approximate surface area is 135 Å². The van der Waals surface area contributed by atoms with Crippen LogP contribution in [0.3, 0.4) is 0 Å². The minimum atomic E-state index is -3.83. The molecule has 0 saturated carbocycles. The number of thiophene rings is 1. The molecular formula is C13H12BrNO4S2. The highest BCUT2D eigenvalue weighted by atomic mass is 79.9. The molecule has 0 aliphatic rings. The summed E-state index contributed by atoms with van der Waals surface area (Å²) in [7, 11) is -2.61. The fourth-order valence-corrected chi connectivity index (χ4v) is 5.22. The topological polar surface area (TPSA) is 72.5 Å². The number of carbonyl (C=O) groups excluding carboxylic acids is 1. The number of halogens is 1. The highest BCUT2D eigenvalue weighted by Gasteiger charge is 2.29. The third-order valence-corrected chi connectivity index (χ3v) is 6.76. The van der Waals surface area contributed by atoms with Crippen LogP contribution in [0.25, 0.3) is 0 Å². The number of hydrogen-bond acceptors (Lipinski definition) is 5. The predicted molar refractivity (Wildman–Crippen MR) is 83.5 cm³/mol. The summed E-state index contributed by atoms with van der Waals surface area (Å²) in [5.74, 6) is -0.669. The second-order valence-corrected chi connectivity index (χ2v) is 7.72. The standard InChI is InChI=1S/C13H12BrNO4S2/c1-19-12(16)11(9-5-3-2-4-6-9)15-21(17,18)13-10(14)7-8-20-13/h2-8,11,15H,1H3.